The molecule has 1 aromatic carbocycles. The van der Waals surface area contributed by atoms with Crippen LogP contribution in [-0.4, -0.2) is 17.2 Å². The molecule has 1 N–H and O–H groups in total. The lowest BCUT2D eigenvalue weighted by Crippen LogP contribution is -2.23. The number of benzene rings is 1. The molecule has 1 atom stereocenters. The van der Waals surface area contributed by atoms with Gasteiger partial charge in [-0.15, -0.1) is 0 Å². The van der Waals surface area contributed by atoms with Crippen molar-refractivity contribution in [2.24, 2.45) is 0 Å². The molecule has 14 heavy (non-hydrogen) atoms. The van der Waals surface area contributed by atoms with Crippen molar-refractivity contribution in [2.45, 2.75) is 20.0 Å². The Kier molecular flexibility index (Phi) is 2.89. The first-order chi connectivity index (χ1) is 7.04. The van der Waals surface area contributed by atoms with Crippen molar-refractivity contribution >= 4 is 17.6 Å². The van der Waals surface area contributed by atoms with Crippen LogP contribution in [0, 0.1) is 6.92 Å². The van der Waals surface area contributed by atoms with Crippen molar-refractivity contribution in [2.75, 3.05) is 0 Å². The summed E-state index contributed by atoms with van der Waals surface area (Å²) in [6.07, 6.45) is -0.803. The third kappa shape index (κ3) is 2.64. The van der Waals surface area contributed by atoms with Gasteiger partial charge >= 0.3 is 5.97 Å². The smallest absolute Gasteiger partial charge is 0.344 e. The molecule has 0 fully saturated rings. The Hall–Kier alpha value is -1.22. The summed E-state index contributed by atoms with van der Waals surface area (Å²) in [5.74, 6) is -0.179. The van der Waals surface area contributed by atoms with Gasteiger partial charge in [-0.05, 0) is 37.6 Å². The molecule has 3 nitrogen and oxygen atoms in total. The Morgan fingerprint density at radius 2 is 2.43 bits per heavy atom. The number of carboxylic acids is 1. The monoisotopic (exact) mass is 215 g/mol. The van der Waals surface area contributed by atoms with Gasteiger partial charge in [0.2, 0.25) is 0 Å². The zero-order valence-electron chi connectivity index (χ0n) is 8.91. The first-order valence-electron chi connectivity index (χ1n) is 4.55. The lowest BCUT2D eigenvalue weighted by atomic mass is 10.2. The van der Waals surface area contributed by atoms with Gasteiger partial charge in [0, 0.05) is 5.02 Å². The SMILES string of the molecule is [2H]OC(=O)C(C)Oc1ccc(Cl)cc1C. The molecule has 1 rings (SSSR count). The van der Waals surface area contributed by atoms with Gasteiger partial charge in [-0.2, -0.15) is 0 Å². The highest BCUT2D eigenvalue weighted by Gasteiger charge is 2.13. The minimum Gasteiger partial charge on any atom is -0.479 e. The third-order valence-corrected chi connectivity index (χ3v) is 2.01. The van der Waals surface area contributed by atoms with Crippen molar-refractivity contribution in [3.05, 3.63) is 28.8 Å². The Labute approximate surface area is 88.8 Å². The number of aliphatic carboxylic acids is 1. The van der Waals surface area contributed by atoms with Crippen LogP contribution in [-0.2, 0) is 4.79 Å². The van der Waals surface area contributed by atoms with Crippen molar-refractivity contribution in [1.29, 1.82) is 1.43 Å². The fourth-order valence-corrected chi connectivity index (χ4v) is 1.21. The van der Waals surface area contributed by atoms with Crippen LogP contribution in [0.4, 0.5) is 0 Å². The normalized spacial score (nSPS) is 12.9. The van der Waals surface area contributed by atoms with Crippen LogP contribution >= 0.6 is 11.6 Å². The molecule has 0 radical (unpaired) electrons. The largest absolute Gasteiger partial charge is 0.479 e. The van der Waals surface area contributed by atoms with Crippen LogP contribution < -0.4 is 4.74 Å². The van der Waals surface area contributed by atoms with Gasteiger partial charge in [0.05, 0.1) is 0 Å². The lowest BCUT2D eigenvalue weighted by molar-refractivity contribution is -0.144. The number of halogens is 1. The second-order valence-electron chi connectivity index (χ2n) is 2.99. The Morgan fingerprint density at radius 1 is 1.71 bits per heavy atom. The minimum atomic E-state index is -0.803. The zero-order chi connectivity index (χ0) is 11.4. The molecule has 0 heterocycles. The summed E-state index contributed by atoms with van der Waals surface area (Å²) in [6, 6.07) is 5.07. The molecule has 0 amide bonds. The summed E-state index contributed by atoms with van der Waals surface area (Å²) < 4.78 is 11.7. The molecule has 4 heteroatoms. The van der Waals surface area contributed by atoms with Crippen molar-refractivity contribution < 1.29 is 14.6 Å². The van der Waals surface area contributed by atoms with Crippen molar-refractivity contribution in [3.8, 4) is 5.75 Å². The maximum atomic E-state index is 10.9. The van der Waals surface area contributed by atoms with E-state index in [9.17, 15) is 4.79 Å². The van der Waals surface area contributed by atoms with E-state index >= 15 is 0 Å². The Balaban J connectivity index is 2.76. The van der Waals surface area contributed by atoms with Gasteiger partial charge in [0.15, 0.2) is 6.10 Å². The standard InChI is InChI=1S/C10H11ClO3/c1-6-5-8(11)3-4-9(6)14-7(2)10(12)13/h3-5,7H,1-2H3,(H,12,13)/i/hD. The van der Waals surface area contributed by atoms with Crippen molar-refractivity contribution in [3.63, 3.8) is 0 Å². The molecule has 1 unspecified atom stereocenters. The fourth-order valence-electron chi connectivity index (χ4n) is 0.984. The van der Waals surface area contributed by atoms with Gasteiger partial charge in [-0.1, -0.05) is 11.6 Å². The van der Waals surface area contributed by atoms with Gasteiger partial charge < -0.3 is 9.85 Å². The molecule has 1 aromatic rings. The van der Waals surface area contributed by atoms with E-state index < -0.39 is 12.1 Å². The summed E-state index contributed by atoms with van der Waals surface area (Å²) in [7, 11) is 0. The van der Waals surface area contributed by atoms with E-state index in [0.29, 0.717) is 10.8 Å². The first kappa shape index (κ1) is 9.34. The van der Waals surface area contributed by atoms with E-state index in [-0.39, 0.29) is 0 Å². The molecule has 0 aliphatic heterocycles. The second kappa shape index (κ2) is 4.33. The Bertz CT molecular complexity index is 368. The quantitative estimate of drug-likeness (QED) is 0.843. The molecule has 0 aliphatic rings. The number of hydrogen-bond acceptors (Lipinski definition) is 3. The third-order valence-electron chi connectivity index (χ3n) is 1.77. The van der Waals surface area contributed by atoms with Gasteiger partial charge in [-0.25, -0.2) is 4.79 Å². The highest BCUT2D eigenvalue weighted by atomic mass is 35.5. The number of carboxylic acid groups (broad SMARTS) is 1. The summed E-state index contributed by atoms with van der Waals surface area (Å²) in [6.45, 7) is 3.34. The molecule has 0 bridgehead atoms. The number of ether oxygens (including phenoxy) is 1. The molecule has 0 saturated carbocycles. The number of carbonyl (C=O) groups is 1. The predicted octanol–water partition coefficient (Wildman–Crippen LogP) is 2.50. The summed E-state index contributed by atoms with van der Waals surface area (Å²) in [5.41, 5.74) is 0.826. The van der Waals surface area contributed by atoms with Gasteiger partial charge in [0.1, 0.15) is 5.75 Å². The van der Waals surface area contributed by atoms with Gasteiger partial charge in [0.25, 0.3) is 1.43 Å². The second-order valence-corrected chi connectivity index (χ2v) is 3.43. The van der Waals surface area contributed by atoms with Crippen LogP contribution in [0.2, 0.25) is 5.02 Å². The van der Waals surface area contributed by atoms with E-state index in [1.807, 2.05) is 6.92 Å². The molecular formula is C10H11ClO3. The van der Waals surface area contributed by atoms with E-state index in [4.69, 9.17) is 17.8 Å². The molecule has 76 valence electrons. The van der Waals surface area contributed by atoms with E-state index in [2.05, 4.69) is 5.11 Å². The van der Waals surface area contributed by atoms with Crippen LogP contribution in [0.1, 0.15) is 12.5 Å². The number of aryl methyl sites for hydroxylation is 1. The molecule has 0 spiro atoms. The highest BCUT2D eigenvalue weighted by molar-refractivity contribution is 6.30. The topological polar surface area (TPSA) is 46.5 Å². The fraction of sp³-hybridized carbons (Fsp3) is 0.300. The first-order valence-corrected chi connectivity index (χ1v) is 4.52. The average molecular weight is 216 g/mol. The van der Waals surface area contributed by atoms with E-state index in [1.165, 1.54) is 6.92 Å². The zero-order valence-corrected chi connectivity index (χ0v) is 8.67. The molecular weight excluding hydrogens is 204 g/mol. The molecule has 0 saturated heterocycles. The summed E-state index contributed by atoms with van der Waals surface area (Å²) >= 11 is 5.77. The number of hydrogen-bond donors (Lipinski definition) is 1. The number of rotatable bonds is 3. The average Bonchev–Trinajstić information content (AvgIpc) is 2.20. The summed E-state index contributed by atoms with van der Waals surface area (Å²) in [4.78, 5) is 10.9. The minimum absolute atomic E-state index is 0.553. The molecule has 0 aliphatic carbocycles. The van der Waals surface area contributed by atoms with Crippen LogP contribution in [0.15, 0.2) is 18.2 Å². The maximum Gasteiger partial charge on any atom is 0.344 e. The Morgan fingerprint density at radius 3 is 3.00 bits per heavy atom. The lowest BCUT2D eigenvalue weighted by Gasteiger charge is -2.12. The molecule has 0 aromatic heterocycles. The van der Waals surface area contributed by atoms with Crippen LogP contribution in [0.3, 0.4) is 0 Å². The van der Waals surface area contributed by atoms with Crippen LogP contribution in [0.25, 0.3) is 1.43 Å². The van der Waals surface area contributed by atoms with E-state index in [1.54, 1.807) is 18.2 Å². The van der Waals surface area contributed by atoms with Crippen molar-refractivity contribution in [1.82, 2.24) is 0 Å². The van der Waals surface area contributed by atoms with E-state index in [0.717, 1.165) is 5.56 Å². The maximum absolute atomic E-state index is 10.9. The summed E-state index contributed by atoms with van der Waals surface area (Å²) in [5, 5.41) is 4.41. The highest BCUT2D eigenvalue weighted by Crippen LogP contribution is 2.22. The van der Waals surface area contributed by atoms with Crippen LogP contribution in [0.5, 0.6) is 5.75 Å². The van der Waals surface area contributed by atoms with Gasteiger partial charge in [-0.3, -0.25) is 0 Å². The predicted molar refractivity (Wildman–Crippen MR) is 53.9 cm³/mol.